The summed E-state index contributed by atoms with van der Waals surface area (Å²) in [4.78, 5) is 10.4. The van der Waals surface area contributed by atoms with Gasteiger partial charge in [0.1, 0.15) is 0 Å². The summed E-state index contributed by atoms with van der Waals surface area (Å²) in [5.41, 5.74) is 1.51. The molecule has 1 rings (SSSR count). The first-order chi connectivity index (χ1) is 7.15. The van der Waals surface area contributed by atoms with Crippen LogP contribution < -0.4 is 0 Å². The van der Waals surface area contributed by atoms with Crippen molar-refractivity contribution in [3.63, 3.8) is 0 Å². The predicted octanol–water partition coefficient (Wildman–Crippen LogP) is 3.75. The smallest absolute Gasteiger partial charge is 0.335 e. The second-order valence-electron chi connectivity index (χ2n) is 3.36. The lowest BCUT2D eigenvalue weighted by atomic mass is 10.1. The largest absolute Gasteiger partial charge is 0.478 e. The van der Waals surface area contributed by atoms with Crippen molar-refractivity contribution >= 4 is 5.97 Å². The van der Waals surface area contributed by atoms with Gasteiger partial charge in [-0.1, -0.05) is 45.7 Å². The summed E-state index contributed by atoms with van der Waals surface area (Å²) >= 11 is 0. The van der Waals surface area contributed by atoms with E-state index in [-0.39, 0.29) is 0 Å². The van der Waals surface area contributed by atoms with Gasteiger partial charge in [0.25, 0.3) is 0 Å². The van der Waals surface area contributed by atoms with E-state index in [1.807, 2.05) is 19.1 Å². The molecule has 1 N–H and O–H groups in total. The van der Waals surface area contributed by atoms with Gasteiger partial charge in [-0.15, -0.1) is 0 Å². The number of hydrogen-bond acceptors (Lipinski definition) is 1. The van der Waals surface area contributed by atoms with E-state index in [1.165, 1.54) is 12.8 Å². The highest BCUT2D eigenvalue weighted by Gasteiger charge is 1.99. The summed E-state index contributed by atoms with van der Waals surface area (Å²) in [6, 6.07) is 6.93. The van der Waals surface area contributed by atoms with Crippen LogP contribution in [0, 0.1) is 0 Å². The summed E-state index contributed by atoms with van der Waals surface area (Å²) in [6.45, 7) is 6.40. The first-order valence-corrected chi connectivity index (χ1v) is 5.47. The maximum Gasteiger partial charge on any atom is 0.335 e. The van der Waals surface area contributed by atoms with Gasteiger partial charge in [0.05, 0.1) is 5.56 Å². The maximum atomic E-state index is 10.4. The highest BCUT2D eigenvalue weighted by molar-refractivity contribution is 5.87. The van der Waals surface area contributed by atoms with E-state index in [4.69, 9.17) is 5.11 Å². The number of carboxylic acids is 1. The van der Waals surface area contributed by atoms with Crippen LogP contribution in [0.25, 0.3) is 0 Å². The van der Waals surface area contributed by atoms with Crippen LogP contribution in [0.1, 0.15) is 49.5 Å². The SMILES string of the molecule is CCCC.CCc1ccc(C(=O)O)cc1. The molecule has 2 heteroatoms. The van der Waals surface area contributed by atoms with Crippen molar-refractivity contribution in [2.75, 3.05) is 0 Å². The standard InChI is InChI=1S/C9H10O2.C4H10/c1-2-7-3-5-8(6-4-7)9(10)11;1-3-4-2/h3-6H,2H2,1H3,(H,10,11);3-4H2,1-2H3. The molecule has 84 valence electrons. The second kappa shape index (κ2) is 8.04. The first kappa shape index (κ1) is 13.7. The van der Waals surface area contributed by atoms with Crippen molar-refractivity contribution in [3.8, 4) is 0 Å². The first-order valence-electron chi connectivity index (χ1n) is 5.47. The minimum Gasteiger partial charge on any atom is -0.478 e. The Morgan fingerprint density at radius 1 is 1.07 bits per heavy atom. The molecular weight excluding hydrogens is 188 g/mol. The zero-order valence-corrected chi connectivity index (χ0v) is 9.79. The molecule has 15 heavy (non-hydrogen) atoms. The number of unbranched alkanes of at least 4 members (excludes halogenated alkanes) is 1. The maximum absolute atomic E-state index is 10.4. The van der Waals surface area contributed by atoms with E-state index in [0.717, 1.165) is 12.0 Å². The molecule has 0 aliphatic rings. The third-order valence-corrected chi connectivity index (χ3v) is 2.11. The van der Waals surface area contributed by atoms with Gasteiger partial charge >= 0.3 is 5.97 Å². The normalized spacial score (nSPS) is 9.00. The van der Waals surface area contributed by atoms with Crippen LogP contribution in [0.2, 0.25) is 0 Å². The predicted molar refractivity (Wildman–Crippen MR) is 63.4 cm³/mol. The molecule has 0 saturated carbocycles. The molecule has 0 radical (unpaired) electrons. The van der Waals surface area contributed by atoms with Crippen molar-refractivity contribution in [1.82, 2.24) is 0 Å². The van der Waals surface area contributed by atoms with Crippen LogP contribution in [0.5, 0.6) is 0 Å². The van der Waals surface area contributed by atoms with Gasteiger partial charge in [0.15, 0.2) is 0 Å². The van der Waals surface area contributed by atoms with Crippen molar-refractivity contribution < 1.29 is 9.90 Å². The lowest BCUT2D eigenvalue weighted by Crippen LogP contribution is -1.95. The Hall–Kier alpha value is -1.31. The third-order valence-electron chi connectivity index (χ3n) is 2.11. The van der Waals surface area contributed by atoms with Gasteiger partial charge in [-0.05, 0) is 24.1 Å². The van der Waals surface area contributed by atoms with Crippen molar-refractivity contribution in [3.05, 3.63) is 35.4 Å². The van der Waals surface area contributed by atoms with E-state index in [1.54, 1.807) is 12.1 Å². The Morgan fingerprint density at radius 2 is 1.53 bits per heavy atom. The van der Waals surface area contributed by atoms with Gasteiger partial charge in [0, 0.05) is 0 Å². The Bertz CT molecular complexity index is 273. The van der Waals surface area contributed by atoms with E-state index in [0.29, 0.717) is 5.56 Å². The molecule has 0 bridgehead atoms. The summed E-state index contributed by atoms with van der Waals surface area (Å²) in [5.74, 6) is -0.868. The molecule has 0 atom stereocenters. The van der Waals surface area contributed by atoms with Crippen LogP contribution >= 0.6 is 0 Å². The second-order valence-corrected chi connectivity index (χ2v) is 3.36. The molecule has 0 fully saturated rings. The Morgan fingerprint density at radius 3 is 1.80 bits per heavy atom. The fourth-order valence-corrected chi connectivity index (χ4v) is 0.883. The molecular formula is C13H20O2. The Balaban J connectivity index is 0.000000423. The topological polar surface area (TPSA) is 37.3 Å². The quantitative estimate of drug-likeness (QED) is 0.821. The average Bonchev–Trinajstić information content (AvgIpc) is 2.29. The van der Waals surface area contributed by atoms with Crippen molar-refractivity contribution in [2.24, 2.45) is 0 Å². The molecule has 2 nitrogen and oxygen atoms in total. The number of aryl methyl sites for hydroxylation is 1. The summed E-state index contributed by atoms with van der Waals surface area (Å²) in [5, 5.41) is 8.55. The van der Waals surface area contributed by atoms with E-state index < -0.39 is 5.97 Å². The highest BCUT2D eigenvalue weighted by atomic mass is 16.4. The number of benzene rings is 1. The zero-order chi connectivity index (χ0) is 11.7. The third kappa shape index (κ3) is 5.89. The molecule has 0 aliphatic heterocycles. The van der Waals surface area contributed by atoms with Crippen molar-refractivity contribution in [1.29, 1.82) is 0 Å². The average molecular weight is 208 g/mol. The molecule has 0 amide bonds. The van der Waals surface area contributed by atoms with Crippen LogP contribution in [0.3, 0.4) is 0 Å². The summed E-state index contributed by atoms with van der Waals surface area (Å²) < 4.78 is 0. The van der Waals surface area contributed by atoms with E-state index in [9.17, 15) is 4.79 Å². The lowest BCUT2D eigenvalue weighted by molar-refractivity contribution is 0.0697. The number of carboxylic acid groups (broad SMARTS) is 1. The summed E-state index contributed by atoms with van der Waals surface area (Å²) in [7, 11) is 0. The molecule has 1 aromatic rings. The minimum atomic E-state index is -0.868. The van der Waals surface area contributed by atoms with Gasteiger partial charge in [0.2, 0.25) is 0 Å². The van der Waals surface area contributed by atoms with Gasteiger partial charge in [-0.3, -0.25) is 0 Å². The monoisotopic (exact) mass is 208 g/mol. The van der Waals surface area contributed by atoms with Crippen LogP contribution in [0.4, 0.5) is 0 Å². The van der Waals surface area contributed by atoms with E-state index in [2.05, 4.69) is 13.8 Å². The van der Waals surface area contributed by atoms with Crippen LogP contribution in [0.15, 0.2) is 24.3 Å². The molecule has 0 aliphatic carbocycles. The molecule has 0 unspecified atom stereocenters. The van der Waals surface area contributed by atoms with Gasteiger partial charge in [-0.2, -0.15) is 0 Å². The summed E-state index contributed by atoms with van der Waals surface area (Å²) in [6.07, 6.45) is 3.58. The minimum absolute atomic E-state index is 0.349. The van der Waals surface area contributed by atoms with E-state index >= 15 is 0 Å². The van der Waals surface area contributed by atoms with Crippen LogP contribution in [-0.4, -0.2) is 11.1 Å². The van der Waals surface area contributed by atoms with Crippen LogP contribution in [-0.2, 0) is 6.42 Å². The fourth-order valence-electron chi connectivity index (χ4n) is 0.883. The molecule has 0 spiro atoms. The Kier molecular flexibility index (Phi) is 7.33. The van der Waals surface area contributed by atoms with Gasteiger partial charge < -0.3 is 5.11 Å². The highest BCUT2D eigenvalue weighted by Crippen LogP contribution is 2.04. The molecule has 0 saturated heterocycles. The molecule has 0 heterocycles. The lowest BCUT2D eigenvalue weighted by Gasteiger charge is -1.96. The Labute approximate surface area is 91.9 Å². The number of hydrogen-bond donors (Lipinski definition) is 1. The number of aromatic carboxylic acids is 1. The van der Waals surface area contributed by atoms with Gasteiger partial charge in [-0.25, -0.2) is 4.79 Å². The number of rotatable bonds is 3. The number of carbonyl (C=O) groups is 1. The molecule has 0 aromatic heterocycles. The van der Waals surface area contributed by atoms with Crippen molar-refractivity contribution in [2.45, 2.75) is 40.0 Å². The molecule has 1 aromatic carbocycles. The fraction of sp³-hybridized carbons (Fsp3) is 0.462. The zero-order valence-electron chi connectivity index (χ0n) is 9.79.